The van der Waals surface area contributed by atoms with Crippen molar-refractivity contribution in [2.45, 2.75) is 20.3 Å². The van der Waals surface area contributed by atoms with E-state index in [4.69, 9.17) is 0 Å². The third kappa shape index (κ3) is 3.47. The summed E-state index contributed by atoms with van der Waals surface area (Å²) in [5, 5.41) is 0. The normalized spacial score (nSPS) is 17.0. The SMILES string of the molecule is CCN(C(=O)C1CC(=O)N(c2ccccc2Br)C1)c1ccccc1C. The van der Waals surface area contributed by atoms with Gasteiger partial charge in [-0.3, -0.25) is 9.59 Å². The average molecular weight is 401 g/mol. The molecule has 1 unspecified atom stereocenters. The number of benzene rings is 2. The van der Waals surface area contributed by atoms with Crippen LogP contribution in [-0.2, 0) is 9.59 Å². The number of halogens is 1. The highest BCUT2D eigenvalue weighted by atomic mass is 79.9. The molecule has 130 valence electrons. The molecule has 0 aromatic heterocycles. The Hall–Kier alpha value is -2.14. The lowest BCUT2D eigenvalue weighted by Gasteiger charge is -2.26. The Balaban J connectivity index is 1.83. The molecule has 5 heteroatoms. The van der Waals surface area contributed by atoms with E-state index in [-0.39, 0.29) is 24.2 Å². The third-order valence-electron chi connectivity index (χ3n) is 4.61. The first-order valence-corrected chi connectivity index (χ1v) is 9.24. The molecule has 0 N–H and O–H groups in total. The van der Waals surface area contributed by atoms with Gasteiger partial charge in [-0.1, -0.05) is 30.3 Å². The van der Waals surface area contributed by atoms with Crippen LogP contribution >= 0.6 is 15.9 Å². The van der Waals surface area contributed by atoms with Gasteiger partial charge in [-0.15, -0.1) is 0 Å². The highest BCUT2D eigenvalue weighted by molar-refractivity contribution is 9.10. The van der Waals surface area contributed by atoms with E-state index in [9.17, 15) is 9.59 Å². The smallest absolute Gasteiger partial charge is 0.232 e. The van der Waals surface area contributed by atoms with Gasteiger partial charge < -0.3 is 9.80 Å². The lowest BCUT2D eigenvalue weighted by atomic mass is 10.1. The second-order valence-electron chi connectivity index (χ2n) is 6.23. The number of anilines is 2. The van der Waals surface area contributed by atoms with Crippen LogP contribution in [0.15, 0.2) is 53.0 Å². The van der Waals surface area contributed by atoms with Crippen molar-refractivity contribution in [3.05, 3.63) is 58.6 Å². The maximum absolute atomic E-state index is 13.1. The van der Waals surface area contributed by atoms with E-state index in [1.165, 1.54) is 0 Å². The molecule has 0 radical (unpaired) electrons. The fourth-order valence-corrected chi connectivity index (χ4v) is 3.81. The lowest BCUT2D eigenvalue weighted by molar-refractivity contribution is -0.124. The quantitative estimate of drug-likeness (QED) is 0.772. The number of hydrogen-bond acceptors (Lipinski definition) is 2. The van der Waals surface area contributed by atoms with Crippen LogP contribution in [0.4, 0.5) is 11.4 Å². The Kier molecular flexibility index (Phi) is 5.23. The van der Waals surface area contributed by atoms with Gasteiger partial charge in [0.2, 0.25) is 11.8 Å². The largest absolute Gasteiger partial charge is 0.312 e. The van der Waals surface area contributed by atoms with Crippen molar-refractivity contribution in [1.82, 2.24) is 0 Å². The van der Waals surface area contributed by atoms with Gasteiger partial charge in [0, 0.05) is 29.7 Å². The number of nitrogens with zero attached hydrogens (tertiary/aromatic N) is 2. The molecule has 1 fully saturated rings. The van der Waals surface area contributed by atoms with Crippen LogP contribution in [0.5, 0.6) is 0 Å². The Morgan fingerprint density at radius 1 is 1.20 bits per heavy atom. The van der Waals surface area contributed by atoms with Gasteiger partial charge >= 0.3 is 0 Å². The number of amides is 2. The minimum absolute atomic E-state index is 0.00825. The monoisotopic (exact) mass is 400 g/mol. The number of hydrogen-bond donors (Lipinski definition) is 0. The molecule has 3 rings (SSSR count). The van der Waals surface area contributed by atoms with Crippen molar-refractivity contribution in [2.24, 2.45) is 5.92 Å². The molecule has 0 spiro atoms. The van der Waals surface area contributed by atoms with Crippen molar-refractivity contribution < 1.29 is 9.59 Å². The van der Waals surface area contributed by atoms with Crippen LogP contribution in [0.25, 0.3) is 0 Å². The fourth-order valence-electron chi connectivity index (χ4n) is 3.31. The first kappa shape index (κ1) is 17.7. The third-order valence-corrected chi connectivity index (χ3v) is 5.28. The number of para-hydroxylation sites is 2. The van der Waals surface area contributed by atoms with Crippen molar-refractivity contribution in [1.29, 1.82) is 0 Å². The van der Waals surface area contributed by atoms with Gasteiger partial charge in [0.05, 0.1) is 11.6 Å². The zero-order valence-corrected chi connectivity index (χ0v) is 16.0. The maximum atomic E-state index is 13.1. The number of carbonyl (C=O) groups is 2. The van der Waals surface area contributed by atoms with E-state index in [2.05, 4.69) is 15.9 Å². The summed E-state index contributed by atoms with van der Waals surface area (Å²) < 4.78 is 0.864. The fraction of sp³-hybridized carbons (Fsp3) is 0.300. The van der Waals surface area contributed by atoms with Crippen LogP contribution in [0, 0.1) is 12.8 Å². The number of rotatable bonds is 4. The van der Waals surface area contributed by atoms with Crippen LogP contribution in [0.3, 0.4) is 0 Å². The lowest BCUT2D eigenvalue weighted by Crippen LogP contribution is -2.37. The molecule has 1 saturated heterocycles. The summed E-state index contributed by atoms with van der Waals surface area (Å²) in [6.07, 6.45) is 0.253. The molecular formula is C20H21BrN2O2. The predicted octanol–water partition coefficient (Wildman–Crippen LogP) is 4.16. The van der Waals surface area contributed by atoms with Gasteiger partial charge in [0.1, 0.15) is 0 Å². The Morgan fingerprint density at radius 2 is 1.88 bits per heavy atom. The van der Waals surface area contributed by atoms with E-state index in [0.29, 0.717) is 13.1 Å². The summed E-state index contributed by atoms with van der Waals surface area (Å²) in [6, 6.07) is 15.5. The molecule has 2 aromatic rings. The summed E-state index contributed by atoms with van der Waals surface area (Å²) in [5.74, 6) is -0.315. The zero-order chi connectivity index (χ0) is 18.0. The van der Waals surface area contributed by atoms with Gasteiger partial charge in [-0.05, 0) is 53.5 Å². The Bertz CT molecular complexity index is 806. The molecule has 1 heterocycles. The summed E-state index contributed by atoms with van der Waals surface area (Å²) in [4.78, 5) is 29.1. The molecule has 1 atom stereocenters. The predicted molar refractivity (Wildman–Crippen MR) is 104 cm³/mol. The first-order chi connectivity index (χ1) is 12.0. The molecule has 1 aliphatic heterocycles. The van der Waals surface area contributed by atoms with Crippen LogP contribution in [0.1, 0.15) is 18.9 Å². The minimum atomic E-state index is -0.320. The molecule has 0 aliphatic carbocycles. The van der Waals surface area contributed by atoms with Crippen molar-refractivity contribution in [3.8, 4) is 0 Å². The molecule has 0 bridgehead atoms. The average Bonchev–Trinajstić information content (AvgIpc) is 2.99. The summed E-state index contributed by atoms with van der Waals surface area (Å²) in [7, 11) is 0. The van der Waals surface area contributed by atoms with E-state index in [0.717, 1.165) is 21.4 Å². The zero-order valence-electron chi connectivity index (χ0n) is 14.4. The first-order valence-electron chi connectivity index (χ1n) is 8.44. The van der Waals surface area contributed by atoms with Crippen LogP contribution < -0.4 is 9.80 Å². The molecule has 1 aliphatic rings. The molecule has 2 amide bonds. The van der Waals surface area contributed by atoms with Gasteiger partial charge in [-0.2, -0.15) is 0 Å². The summed E-state index contributed by atoms with van der Waals surface area (Å²) in [6.45, 7) is 4.97. The highest BCUT2D eigenvalue weighted by Crippen LogP contribution is 2.32. The van der Waals surface area contributed by atoms with E-state index in [1.54, 1.807) is 9.80 Å². The molecular weight excluding hydrogens is 380 g/mol. The van der Waals surface area contributed by atoms with Crippen molar-refractivity contribution >= 4 is 39.1 Å². The summed E-state index contributed by atoms with van der Waals surface area (Å²) >= 11 is 3.49. The Labute approximate surface area is 156 Å². The molecule has 25 heavy (non-hydrogen) atoms. The summed E-state index contributed by atoms with van der Waals surface area (Å²) in [5.41, 5.74) is 2.80. The van der Waals surface area contributed by atoms with Crippen LogP contribution in [0.2, 0.25) is 0 Å². The van der Waals surface area contributed by atoms with E-state index >= 15 is 0 Å². The maximum Gasteiger partial charge on any atom is 0.232 e. The van der Waals surface area contributed by atoms with E-state index < -0.39 is 0 Å². The standard InChI is InChI=1S/C20H21BrN2O2/c1-3-22(17-10-6-4-8-14(17)2)20(25)15-12-19(24)23(13-15)18-11-7-5-9-16(18)21/h4-11,15H,3,12-13H2,1-2H3. The molecule has 4 nitrogen and oxygen atoms in total. The molecule has 0 saturated carbocycles. The number of aryl methyl sites for hydroxylation is 1. The van der Waals surface area contributed by atoms with Crippen molar-refractivity contribution in [2.75, 3.05) is 22.9 Å². The van der Waals surface area contributed by atoms with E-state index in [1.807, 2.05) is 62.4 Å². The topological polar surface area (TPSA) is 40.6 Å². The molecule has 2 aromatic carbocycles. The van der Waals surface area contributed by atoms with Gasteiger partial charge in [0.25, 0.3) is 0 Å². The van der Waals surface area contributed by atoms with Gasteiger partial charge in [0.15, 0.2) is 0 Å². The second kappa shape index (κ2) is 7.40. The van der Waals surface area contributed by atoms with Gasteiger partial charge in [-0.25, -0.2) is 0 Å². The second-order valence-corrected chi connectivity index (χ2v) is 7.08. The Morgan fingerprint density at radius 3 is 2.56 bits per heavy atom. The minimum Gasteiger partial charge on any atom is -0.312 e. The van der Waals surface area contributed by atoms with Crippen molar-refractivity contribution in [3.63, 3.8) is 0 Å². The number of carbonyl (C=O) groups excluding carboxylic acids is 2. The van der Waals surface area contributed by atoms with Crippen LogP contribution in [-0.4, -0.2) is 24.9 Å². The highest BCUT2D eigenvalue weighted by Gasteiger charge is 2.38.